The fraction of sp³-hybridized carbons (Fsp3) is 0.294. The van der Waals surface area contributed by atoms with Gasteiger partial charge in [-0.05, 0) is 6.42 Å². The van der Waals surface area contributed by atoms with E-state index < -0.39 is 0 Å². The van der Waals surface area contributed by atoms with Crippen molar-refractivity contribution in [2.45, 2.75) is 20.3 Å². The van der Waals surface area contributed by atoms with Crippen molar-refractivity contribution in [2.24, 2.45) is 12.0 Å². The summed E-state index contributed by atoms with van der Waals surface area (Å²) in [6, 6.07) is 0. The van der Waals surface area contributed by atoms with Crippen LogP contribution in [0, 0.1) is 0 Å². The van der Waals surface area contributed by atoms with Crippen molar-refractivity contribution in [3.8, 4) is 0 Å². The molecule has 112 valence electrons. The number of aliphatic imine (C=N–C) groups is 1. The molecule has 21 heavy (non-hydrogen) atoms. The van der Waals surface area contributed by atoms with E-state index in [0.29, 0.717) is 0 Å². The van der Waals surface area contributed by atoms with Gasteiger partial charge in [-0.2, -0.15) is 5.10 Å². The largest absolute Gasteiger partial charge is 0.340 e. The molecule has 1 N–H and O–H groups in total. The molecule has 0 fully saturated rings. The first-order chi connectivity index (χ1) is 10.2. The number of aryl methyl sites for hydroxylation is 1. The number of amidine groups is 1. The van der Waals surface area contributed by atoms with E-state index >= 15 is 0 Å². The first-order valence-corrected chi connectivity index (χ1v) is 7.16. The van der Waals surface area contributed by atoms with Crippen LogP contribution in [0.3, 0.4) is 0 Å². The van der Waals surface area contributed by atoms with Crippen molar-refractivity contribution in [1.29, 1.82) is 0 Å². The van der Waals surface area contributed by atoms with Crippen molar-refractivity contribution in [1.82, 2.24) is 15.1 Å². The molecule has 1 aromatic heterocycles. The summed E-state index contributed by atoms with van der Waals surface area (Å²) in [4.78, 5) is 4.30. The highest BCUT2D eigenvalue weighted by Crippen LogP contribution is 2.11. The average Bonchev–Trinajstić information content (AvgIpc) is 2.78. The number of hydrogen-bond acceptors (Lipinski definition) is 2. The summed E-state index contributed by atoms with van der Waals surface area (Å²) >= 11 is 0. The van der Waals surface area contributed by atoms with E-state index in [2.05, 4.69) is 34.1 Å². The Morgan fingerprint density at radius 2 is 2.14 bits per heavy atom. The van der Waals surface area contributed by atoms with E-state index in [-0.39, 0.29) is 0 Å². The normalized spacial score (nSPS) is 13.9. The Kier molecular flexibility index (Phi) is 6.95. The van der Waals surface area contributed by atoms with E-state index in [1.54, 1.807) is 17.9 Å². The van der Waals surface area contributed by atoms with Gasteiger partial charge in [0.05, 0.1) is 6.20 Å². The molecule has 0 atom stereocenters. The zero-order chi connectivity index (χ0) is 15.7. The molecule has 1 heterocycles. The summed E-state index contributed by atoms with van der Waals surface area (Å²) < 4.78 is 1.75. The van der Waals surface area contributed by atoms with Gasteiger partial charge in [-0.3, -0.25) is 9.67 Å². The minimum Gasteiger partial charge on any atom is -0.340 e. The van der Waals surface area contributed by atoms with Crippen molar-refractivity contribution >= 4 is 11.5 Å². The number of hydrogen-bond donors (Lipinski definition) is 1. The Morgan fingerprint density at radius 1 is 1.38 bits per heavy atom. The molecule has 0 aromatic carbocycles. The second-order valence-corrected chi connectivity index (χ2v) is 4.26. The molecule has 4 heteroatoms. The van der Waals surface area contributed by atoms with Crippen LogP contribution in [0.5, 0.6) is 0 Å². The molecule has 0 unspecified atom stereocenters. The highest BCUT2D eigenvalue weighted by atomic mass is 15.2. The second-order valence-electron chi connectivity index (χ2n) is 4.26. The molecule has 1 aromatic rings. The van der Waals surface area contributed by atoms with Crippen LogP contribution in [0.2, 0.25) is 0 Å². The quantitative estimate of drug-likeness (QED) is 0.682. The van der Waals surface area contributed by atoms with Gasteiger partial charge in [0, 0.05) is 37.1 Å². The van der Waals surface area contributed by atoms with Crippen LogP contribution in [0.4, 0.5) is 0 Å². The van der Waals surface area contributed by atoms with Gasteiger partial charge in [0.25, 0.3) is 0 Å². The third kappa shape index (κ3) is 4.91. The van der Waals surface area contributed by atoms with Gasteiger partial charge >= 0.3 is 0 Å². The number of nitrogens with zero attached hydrogens (tertiary/aromatic N) is 3. The zero-order valence-electron chi connectivity index (χ0n) is 13.3. The first kappa shape index (κ1) is 16.7. The Bertz CT molecular complexity index is 586. The van der Waals surface area contributed by atoms with Gasteiger partial charge in [-0.15, -0.1) is 0 Å². The van der Waals surface area contributed by atoms with Crippen molar-refractivity contribution in [3.05, 3.63) is 60.5 Å². The molecule has 1 aliphatic rings. The molecule has 0 spiro atoms. The van der Waals surface area contributed by atoms with Gasteiger partial charge in [-0.1, -0.05) is 50.8 Å². The number of aromatic nitrogens is 2. The van der Waals surface area contributed by atoms with Crippen LogP contribution in [-0.2, 0) is 7.05 Å². The maximum absolute atomic E-state index is 4.30. The predicted molar refractivity (Wildman–Crippen MR) is 91.1 cm³/mol. The fourth-order valence-electron chi connectivity index (χ4n) is 1.80. The first-order valence-electron chi connectivity index (χ1n) is 7.16. The predicted octanol–water partition coefficient (Wildman–Crippen LogP) is 3.48. The summed E-state index contributed by atoms with van der Waals surface area (Å²) in [5, 5.41) is 7.38. The maximum atomic E-state index is 4.30. The van der Waals surface area contributed by atoms with E-state index in [9.17, 15) is 0 Å². The third-order valence-corrected chi connectivity index (χ3v) is 2.82. The minimum absolute atomic E-state index is 0.792. The average molecular weight is 284 g/mol. The summed E-state index contributed by atoms with van der Waals surface area (Å²) in [7, 11) is 3.65. The third-order valence-electron chi connectivity index (χ3n) is 2.82. The van der Waals surface area contributed by atoms with Gasteiger partial charge in [0.15, 0.2) is 0 Å². The molecule has 4 nitrogen and oxygen atoms in total. The highest BCUT2D eigenvalue weighted by Gasteiger charge is 2.08. The summed E-state index contributed by atoms with van der Waals surface area (Å²) in [5.41, 5.74) is 2.82. The van der Waals surface area contributed by atoms with Gasteiger partial charge in [-0.25, -0.2) is 0 Å². The zero-order valence-corrected chi connectivity index (χ0v) is 13.3. The number of rotatable bonds is 3. The van der Waals surface area contributed by atoms with Crippen LogP contribution in [-0.4, -0.2) is 22.7 Å². The Hall–Kier alpha value is -2.36. The summed E-state index contributed by atoms with van der Waals surface area (Å²) in [6.45, 7) is 8.03. The lowest BCUT2D eigenvalue weighted by Crippen LogP contribution is -2.22. The van der Waals surface area contributed by atoms with Crippen LogP contribution in [0.1, 0.15) is 25.8 Å². The van der Waals surface area contributed by atoms with Crippen LogP contribution in [0.25, 0.3) is 5.70 Å². The van der Waals surface area contributed by atoms with Gasteiger partial charge in [0.1, 0.15) is 5.84 Å². The minimum atomic E-state index is 0.792. The van der Waals surface area contributed by atoms with Crippen molar-refractivity contribution in [3.63, 3.8) is 0 Å². The summed E-state index contributed by atoms with van der Waals surface area (Å²) in [6.07, 6.45) is 14.9. The fourth-order valence-corrected chi connectivity index (χ4v) is 1.80. The Morgan fingerprint density at radius 3 is 2.76 bits per heavy atom. The SMILES string of the molecule is C=C(NC(=NC)C1=CCC=CC=C1)c1cnn(C)c1.CC. The monoisotopic (exact) mass is 284 g/mol. The highest BCUT2D eigenvalue weighted by molar-refractivity contribution is 6.04. The maximum Gasteiger partial charge on any atom is 0.132 e. The van der Waals surface area contributed by atoms with Gasteiger partial charge < -0.3 is 5.32 Å². The van der Waals surface area contributed by atoms with Crippen LogP contribution >= 0.6 is 0 Å². The molecule has 1 aliphatic carbocycles. The number of allylic oxidation sites excluding steroid dienone is 4. The van der Waals surface area contributed by atoms with Crippen LogP contribution in [0.15, 0.2) is 59.9 Å². The lowest BCUT2D eigenvalue weighted by molar-refractivity contribution is 0.767. The van der Waals surface area contributed by atoms with Gasteiger partial charge in [0.2, 0.25) is 0 Å². The molecule has 0 saturated heterocycles. The van der Waals surface area contributed by atoms with Crippen LogP contribution < -0.4 is 5.32 Å². The molecule has 0 amide bonds. The Balaban J connectivity index is 0.00000106. The smallest absolute Gasteiger partial charge is 0.132 e. The van der Waals surface area contributed by atoms with E-state index in [1.807, 2.05) is 45.3 Å². The summed E-state index contributed by atoms with van der Waals surface area (Å²) in [5.74, 6) is 0.814. The number of nitrogens with one attached hydrogen (secondary N) is 1. The lowest BCUT2D eigenvalue weighted by Gasteiger charge is -2.11. The molecule has 0 aliphatic heterocycles. The molecule has 0 radical (unpaired) electrons. The van der Waals surface area contributed by atoms with Crippen molar-refractivity contribution < 1.29 is 0 Å². The molecule has 0 saturated carbocycles. The lowest BCUT2D eigenvalue weighted by atomic mass is 10.2. The van der Waals surface area contributed by atoms with E-state index in [1.165, 1.54) is 0 Å². The molecule has 0 bridgehead atoms. The second kappa shape index (κ2) is 8.74. The molecular formula is C17H24N4. The van der Waals surface area contributed by atoms with Crippen molar-refractivity contribution in [2.75, 3.05) is 7.05 Å². The van der Waals surface area contributed by atoms with E-state index in [0.717, 1.165) is 29.1 Å². The topological polar surface area (TPSA) is 42.2 Å². The molecule has 2 rings (SSSR count). The Labute approximate surface area is 127 Å². The standard InChI is InChI=1S/C15H18N4.C2H6/c1-12(14-10-17-19(3)11-14)18-15(16-2)13-8-6-4-5-7-9-13;1-2/h4-6,8-11H,1,7H2,2-3H3,(H,16,18);1-2H3. The van der Waals surface area contributed by atoms with E-state index in [4.69, 9.17) is 0 Å². The molecular weight excluding hydrogens is 260 g/mol.